The fourth-order valence-electron chi connectivity index (χ4n) is 3.42. The van der Waals surface area contributed by atoms with E-state index in [-0.39, 0.29) is 11.9 Å². The maximum atomic E-state index is 12.7. The molecule has 1 aromatic heterocycles. The van der Waals surface area contributed by atoms with Crippen LogP contribution in [0.5, 0.6) is 5.75 Å². The van der Waals surface area contributed by atoms with E-state index in [1.54, 1.807) is 13.3 Å². The van der Waals surface area contributed by atoms with E-state index in [9.17, 15) is 4.79 Å². The minimum absolute atomic E-state index is 0.0378. The molecule has 0 radical (unpaired) electrons. The monoisotopic (exact) mass is 346 g/mol. The number of amides is 1. The number of pyridine rings is 1. The molecule has 1 fully saturated rings. The molecule has 1 aliphatic rings. The minimum Gasteiger partial charge on any atom is -0.497 e. The third kappa shape index (κ3) is 3.54. The summed E-state index contributed by atoms with van der Waals surface area (Å²) in [4.78, 5) is 17.2. The van der Waals surface area contributed by atoms with E-state index in [1.807, 2.05) is 54.6 Å². The number of nitrogens with one attached hydrogen (secondary N) is 1. The number of carbonyl (C=O) groups excluding carboxylic acids is 1. The molecule has 4 rings (SSSR count). The molecular formula is C22H22N2O2. The quantitative estimate of drug-likeness (QED) is 0.732. The topological polar surface area (TPSA) is 51.2 Å². The summed E-state index contributed by atoms with van der Waals surface area (Å²) in [6, 6.07) is 18.0. The molecule has 1 heterocycles. The smallest absolute Gasteiger partial charge is 0.224 e. The molecule has 0 unspecified atom stereocenters. The van der Waals surface area contributed by atoms with Crippen LogP contribution in [-0.2, 0) is 11.2 Å². The van der Waals surface area contributed by atoms with Crippen LogP contribution in [0.1, 0.15) is 30.0 Å². The maximum absolute atomic E-state index is 12.7. The second-order valence-corrected chi connectivity index (χ2v) is 6.82. The highest BCUT2D eigenvalue weighted by Gasteiger charge is 2.33. The Morgan fingerprint density at radius 2 is 1.92 bits per heavy atom. The molecule has 0 bridgehead atoms. The lowest BCUT2D eigenvalue weighted by Crippen LogP contribution is -2.31. The standard InChI is InChI=1S/C22H22N2O2/c1-26-19-11-9-17(10-12-19)22(16-7-8-16)24-20(25)14-18-5-2-4-15-6-3-13-23-21(15)18/h2-6,9-13,16,22H,7-8,14H2,1H3,(H,24,25)/t22-/m0/s1. The molecule has 132 valence electrons. The van der Waals surface area contributed by atoms with Crippen LogP contribution in [0.2, 0.25) is 0 Å². The van der Waals surface area contributed by atoms with Crippen LogP contribution in [0.4, 0.5) is 0 Å². The van der Waals surface area contributed by atoms with Gasteiger partial charge in [0.25, 0.3) is 0 Å². The largest absolute Gasteiger partial charge is 0.497 e. The van der Waals surface area contributed by atoms with Gasteiger partial charge in [0, 0.05) is 11.6 Å². The first kappa shape index (κ1) is 16.6. The van der Waals surface area contributed by atoms with Crippen molar-refractivity contribution in [1.82, 2.24) is 10.3 Å². The number of rotatable bonds is 6. The number of hydrogen-bond donors (Lipinski definition) is 1. The Labute approximate surface area is 153 Å². The lowest BCUT2D eigenvalue weighted by atomic mass is 10.0. The van der Waals surface area contributed by atoms with Crippen molar-refractivity contribution >= 4 is 16.8 Å². The van der Waals surface area contributed by atoms with E-state index in [0.29, 0.717) is 12.3 Å². The number of para-hydroxylation sites is 1. The lowest BCUT2D eigenvalue weighted by molar-refractivity contribution is -0.121. The highest BCUT2D eigenvalue weighted by Crippen LogP contribution is 2.41. The van der Waals surface area contributed by atoms with Crippen molar-refractivity contribution < 1.29 is 9.53 Å². The summed E-state index contributed by atoms with van der Waals surface area (Å²) in [7, 11) is 1.66. The summed E-state index contributed by atoms with van der Waals surface area (Å²) in [6.07, 6.45) is 4.43. The lowest BCUT2D eigenvalue weighted by Gasteiger charge is -2.19. The minimum atomic E-state index is 0.0378. The Bertz CT molecular complexity index is 912. The zero-order valence-corrected chi connectivity index (χ0v) is 14.8. The van der Waals surface area contributed by atoms with Crippen molar-refractivity contribution in [3.8, 4) is 5.75 Å². The molecule has 1 aliphatic carbocycles. The molecule has 1 atom stereocenters. The highest BCUT2D eigenvalue weighted by molar-refractivity contribution is 5.87. The van der Waals surface area contributed by atoms with Crippen molar-refractivity contribution in [2.45, 2.75) is 25.3 Å². The summed E-state index contributed by atoms with van der Waals surface area (Å²) in [5, 5.41) is 4.30. The SMILES string of the molecule is COc1ccc([C@@H](NC(=O)Cc2cccc3cccnc23)C2CC2)cc1. The van der Waals surface area contributed by atoms with E-state index < -0.39 is 0 Å². The molecule has 1 N–H and O–H groups in total. The number of nitrogens with zero attached hydrogens (tertiary/aromatic N) is 1. The van der Waals surface area contributed by atoms with Crippen LogP contribution in [-0.4, -0.2) is 18.0 Å². The number of aromatic nitrogens is 1. The molecule has 1 saturated carbocycles. The number of fused-ring (bicyclic) bond motifs is 1. The van der Waals surface area contributed by atoms with Crippen LogP contribution in [0, 0.1) is 5.92 Å². The van der Waals surface area contributed by atoms with E-state index in [4.69, 9.17) is 4.74 Å². The van der Waals surface area contributed by atoms with Gasteiger partial charge in [-0.2, -0.15) is 0 Å². The number of methoxy groups -OCH3 is 1. The zero-order valence-electron chi connectivity index (χ0n) is 14.8. The Balaban J connectivity index is 1.51. The molecular weight excluding hydrogens is 324 g/mol. The van der Waals surface area contributed by atoms with E-state index >= 15 is 0 Å². The van der Waals surface area contributed by atoms with E-state index in [2.05, 4.69) is 10.3 Å². The third-order valence-corrected chi connectivity index (χ3v) is 4.95. The van der Waals surface area contributed by atoms with Crippen molar-refractivity contribution in [2.24, 2.45) is 5.92 Å². The number of hydrogen-bond acceptors (Lipinski definition) is 3. The number of carbonyl (C=O) groups is 1. The Morgan fingerprint density at radius 1 is 1.15 bits per heavy atom. The summed E-state index contributed by atoms with van der Waals surface area (Å²) >= 11 is 0. The van der Waals surface area contributed by atoms with Crippen molar-refractivity contribution in [3.63, 3.8) is 0 Å². The molecule has 3 aromatic rings. The van der Waals surface area contributed by atoms with Crippen molar-refractivity contribution in [1.29, 1.82) is 0 Å². The van der Waals surface area contributed by atoms with Crippen LogP contribution >= 0.6 is 0 Å². The van der Waals surface area contributed by atoms with Gasteiger partial charge >= 0.3 is 0 Å². The first-order valence-corrected chi connectivity index (χ1v) is 9.00. The second kappa shape index (κ2) is 7.16. The predicted octanol–water partition coefficient (Wildman–Crippen LogP) is 4.05. The van der Waals surface area contributed by atoms with E-state index in [0.717, 1.165) is 40.6 Å². The fourth-order valence-corrected chi connectivity index (χ4v) is 3.42. The Kier molecular flexibility index (Phi) is 4.57. The predicted molar refractivity (Wildman–Crippen MR) is 102 cm³/mol. The van der Waals surface area contributed by atoms with Gasteiger partial charge in [0.15, 0.2) is 0 Å². The van der Waals surface area contributed by atoms with Gasteiger partial charge in [-0.15, -0.1) is 0 Å². The molecule has 0 aliphatic heterocycles. The summed E-state index contributed by atoms with van der Waals surface area (Å²) in [5.41, 5.74) is 3.00. The summed E-state index contributed by atoms with van der Waals surface area (Å²) in [6.45, 7) is 0. The first-order valence-electron chi connectivity index (χ1n) is 9.00. The van der Waals surface area contributed by atoms with Gasteiger partial charge in [-0.05, 0) is 48.1 Å². The van der Waals surface area contributed by atoms with Crippen LogP contribution in [0.3, 0.4) is 0 Å². The van der Waals surface area contributed by atoms with Crippen molar-refractivity contribution in [2.75, 3.05) is 7.11 Å². The molecule has 1 amide bonds. The van der Waals surface area contributed by atoms with Gasteiger partial charge in [0.1, 0.15) is 5.75 Å². The first-order chi connectivity index (χ1) is 12.7. The zero-order chi connectivity index (χ0) is 17.9. The van der Waals surface area contributed by atoms with Crippen LogP contribution < -0.4 is 10.1 Å². The number of benzene rings is 2. The molecule has 2 aromatic carbocycles. The molecule has 4 nitrogen and oxygen atoms in total. The number of ether oxygens (including phenoxy) is 1. The average Bonchev–Trinajstić information content (AvgIpc) is 3.52. The third-order valence-electron chi connectivity index (χ3n) is 4.95. The normalized spacial score (nSPS) is 14.8. The molecule has 0 spiro atoms. The second-order valence-electron chi connectivity index (χ2n) is 6.82. The maximum Gasteiger partial charge on any atom is 0.224 e. The molecule has 26 heavy (non-hydrogen) atoms. The molecule has 0 saturated heterocycles. The van der Waals surface area contributed by atoms with Gasteiger partial charge in [0.05, 0.1) is 25.1 Å². The van der Waals surface area contributed by atoms with Gasteiger partial charge in [-0.3, -0.25) is 9.78 Å². The van der Waals surface area contributed by atoms with Gasteiger partial charge in [-0.25, -0.2) is 0 Å². The average molecular weight is 346 g/mol. The highest BCUT2D eigenvalue weighted by atomic mass is 16.5. The van der Waals surface area contributed by atoms with Gasteiger partial charge in [0.2, 0.25) is 5.91 Å². The summed E-state index contributed by atoms with van der Waals surface area (Å²) in [5.74, 6) is 1.39. The van der Waals surface area contributed by atoms with Crippen LogP contribution in [0.15, 0.2) is 60.8 Å². The summed E-state index contributed by atoms with van der Waals surface area (Å²) < 4.78 is 5.23. The van der Waals surface area contributed by atoms with Gasteiger partial charge < -0.3 is 10.1 Å². The van der Waals surface area contributed by atoms with Gasteiger partial charge in [-0.1, -0.05) is 36.4 Å². The fraction of sp³-hybridized carbons (Fsp3) is 0.273. The van der Waals surface area contributed by atoms with Crippen LogP contribution in [0.25, 0.3) is 10.9 Å². The van der Waals surface area contributed by atoms with Crippen molar-refractivity contribution in [3.05, 3.63) is 71.9 Å². The van der Waals surface area contributed by atoms with E-state index in [1.165, 1.54) is 0 Å². The molecule has 4 heteroatoms. The Hall–Kier alpha value is -2.88. The Morgan fingerprint density at radius 3 is 2.65 bits per heavy atom.